The summed E-state index contributed by atoms with van der Waals surface area (Å²) < 4.78 is 0. The van der Waals surface area contributed by atoms with Crippen molar-refractivity contribution in [3.05, 3.63) is 59.9 Å². The summed E-state index contributed by atoms with van der Waals surface area (Å²) in [4.78, 5) is 18.5. The Bertz CT molecular complexity index is 638. The summed E-state index contributed by atoms with van der Waals surface area (Å²) in [6.07, 6.45) is 6.68. The fraction of sp³-hybridized carbons (Fsp3) is 0.333. The molecular weight excluding hydrogens is 274 g/mol. The van der Waals surface area contributed by atoms with Crippen LogP contribution in [0.15, 0.2) is 48.8 Å². The maximum Gasteiger partial charge on any atom is 0.322 e. The Balaban J connectivity index is 1.70. The van der Waals surface area contributed by atoms with Crippen molar-refractivity contribution in [2.24, 2.45) is 0 Å². The predicted molar refractivity (Wildman–Crippen MR) is 87.6 cm³/mol. The Morgan fingerprint density at radius 2 is 2.00 bits per heavy atom. The van der Waals surface area contributed by atoms with E-state index in [4.69, 9.17) is 0 Å². The number of hydrogen-bond donors (Lipinski definition) is 1. The van der Waals surface area contributed by atoms with Crippen LogP contribution in [0.3, 0.4) is 0 Å². The standard InChI is InChI=1S/C18H21N3O/c1-2-14-4-3-5-16(12-14)20-18(22)21(17-6-7-17)13-15-8-10-19-11-9-15/h3-5,8-12,17H,2,6-7,13H2,1H3,(H,20,22). The van der Waals surface area contributed by atoms with E-state index in [1.165, 1.54) is 5.56 Å². The first kappa shape index (κ1) is 14.6. The summed E-state index contributed by atoms with van der Waals surface area (Å²) in [5.74, 6) is 0. The number of pyridine rings is 1. The number of benzene rings is 1. The average Bonchev–Trinajstić information content (AvgIpc) is 3.38. The van der Waals surface area contributed by atoms with Crippen molar-refractivity contribution >= 4 is 11.7 Å². The van der Waals surface area contributed by atoms with Crippen molar-refractivity contribution in [2.45, 2.75) is 38.8 Å². The molecule has 0 unspecified atom stereocenters. The molecule has 114 valence electrons. The van der Waals surface area contributed by atoms with Crippen LogP contribution < -0.4 is 5.32 Å². The molecule has 0 radical (unpaired) electrons. The highest BCUT2D eigenvalue weighted by atomic mass is 16.2. The number of anilines is 1. The SMILES string of the molecule is CCc1cccc(NC(=O)N(Cc2ccncc2)C2CC2)c1. The molecule has 0 spiro atoms. The lowest BCUT2D eigenvalue weighted by Gasteiger charge is -2.23. The Kier molecular flexibility index (Phi) is 4.37. The maximum absolute atomic E-state index is 12.6. The number of carbonyl (C=O) groups is 1. The van der Waals surface area contributed by atoms with E-state index in [1.807, 2.05) is 35.2 Å². The smallest absolute Gasteiger partial charge is 0.317 e. The second-order valence-corrected chi connectivity index (χ2v) is 5.70. The van der Waals surface area contributed by atoms with Crippen molar-refractivity contribution in [1.82, 2.24) is 9.88 Å². The molecule has 1 fully saturated rings. The molecule has 4 nitrogen and oxygen atoms in total. The lowest BCUT2D eigenvalue weighted by atomic mass is 10.1. The number of carbonyl (C=O) groups excluding carboxylic acids is 1. The van der Waals surface area contributed by atoms with Crippen LogP contribution in [0.4, 0.5) is 10.5 Å². The van der Waals surface area contributed by atoms with Gasteiger partial charge in [0.25, 0.3) is 0 Å². The van der Waals surface area contributed by atoms with Gasteiger partial charge in [-0.15, -0.1) is 0 Å². The molecule has 0 aliphatic heterocycles. The minimum absolute atomic E-state index is 0.0208. The minimum atomic E-state index is -0.0208. The van der Waals surface area contributed by atoms with E-state index < -0.39 is 0 Å². The maximum atomic E-state index is 12.6. The number of nitrogens with one attached hydrogen (secondary N) is 1. The van der Waals surface area contributed by atoms with Gasteiger partial charge in [-0.05, 0) is 54.7 Å². The van der Waals surface area contributed by atoms with Gasteiger partial charge >= 0.3 is 6.03 Å². The highest BCUT2D eigenvalue weighted by molar-refractivity contribution is 5.89. The number of amides is 2. The number of hydrogen-bond acceptors (Lipinski definition) is 2. The number of aryl methyl sites for hydroxylation is 1. The third-order valence-corrected chi connectivity index (χ3v) is 3.94. The molecule has 2 aromatic rings. The van der Waals surface area contributed by atoms with Crippen LogP contribution in [-0.4, -0.2) is 22.0 Å². The molecule has 1 heterocycles. The van der Waals surface area contributed by atoms with Gasteiger partial charge < -0.3 is 10.2 Å². The first-order valence-corrected chi connectivity index (χ1v) is 7.81. The van der Waals surface area contributed by atoms with Crippen molar-refractivity contribution in [3.8, 4) is 0 Å². The molecule has 1 aromatic heterocycles. The molecule has 1 N–H and O–H groups in total. The number of rotatable bonds is 5. The summed E-state index contributed by atoms with van der Waals surface area (Å²) in [6, 6.07) is 12.3. The summed E-state index contributed by atoms with van der Waals surface area (Å²) in [5, 5.41) is 3.03. The second kappa shape index (κ2) is 6.60. The molecule has 2 amide bonds. The number of aromatic nitrogens is 1. The molecule has 22 heavy (non-hydrogen) atoms. The van der Waals surface area contributed by atoms with Gasteiger partial charge in [-0.1, -0.05) is 19.1 Å². The molecule has 1 aromatic carbocycles. The van der Waals surface area contributed by atoms with Gasteiger partial charge in [0.15, 0.2) is 0 Å². The second-order valence-electron chi connectivity index (χ2n) is 5.70. The molecule has 1 aliphatic carbocycles. The highest BCUT2D eigenvalue weighted by Crippen LogP contribution is 2.29. The van der Waals surface area contributed by atoms with E-state index in [0.717, 1.165) is 30.5 Å². The van der Waals surface area contributed by atoms with Gasteiger partial charge in [-0.3, -0.25) is 4.98 Å². The summed E-state index contributed by atoms with van der Waals surface area (Å²) in [5.41, 5.74) is 3.20. The normalized spacial score (nSPS) is 13.7. The quantitative estimate of drug-likeness (QED) is 0.911. The molecule has 0 saturated heterocycles. The zero-order chi connectivity index (χ0) is 15.4. The van der Waals surface area contributed by atoms with E-state index in [-0.39, 0.29) is 6.03 Å². The van der Waals surface area contributed by atoms with Crippen molar-refractivity contribution in [3.63, 3.8) is 0 Å². The third kappa shape index (κ3) is 3.64. The lowest BCUT2D eigenvalue weighted by Crippen LogP contribution is -2.36. The monoisotopic (exact) mass is 295 g/mol. The fourth-order valence-corrected chi connectivity index (χ4v) is 2.50. The Hall–Kier alpha value is -2.36. The number of urea groups is 1. The molecular formula is C18H21N3O. The van der Waals surface area contributed by atoms with Gasteiger partial charge in [0.2, 0.25) is 0 Å². The Morgan fingerprint density at radius 3 is 2.68 bits per heavy atom. The van der Waals surface area contributed by atoms with Gasteiger partial charge in [0.1, 0.15) is 0 Å². The van der Waals surface area contributed by atoms with Crippen LogP contribution in [0.1, 0.15) is 30.9 Å². The zero-order valence-corrected chi connectivity index (χ0v) is 12.8. The molecule has 1 aliphatic rings. The van der Waals surface area contributed by atoms with Crippen molar-refractivity contribution in [2.75, 3.05) is 5.32 Å². The zero-order valence-electron chi connectivity index (χ0n) is 12.8. The van der Waals surface area contributed by atoms with Crippen molar-refractivity contribution < 1.29 is 4.79 Å². The van der Waals surface area contributed by atoms with Gasteiger partial charge in [-0.25, -0.2) is 4.79 Å². The largest absolute Gasteiger partial charge is 0.322 e. The van der Waals surface area contributed by atoms with Gasteiger partial charge in [0, 0.05) is 30.7 Å². The topological polar surface area (TPSA) is 45.2 Å². The van der Waals surface area contributed by atoms with Crippen molar-refractivity contribution in [1.29, 1.82) is 0 Å². The van der Waals surface area contributed by atoms with Crippen LogP contribution in [0.25, 0.3) is 0 Å². The average molecular weight is 295 g/mol. The van der Waals surface area contributed by atoms with E-state index in [2.05, 4.69) is 23.3 Å². The Labute approximate surface area is 131 Å². The first-order valence-electron chi connectivity index (χ1n) is 7.81. The van der Waals surface area contributed by atoms with E-state index in [0.29, 0.717) is 12.6 Å². The lowest BCUT2D eigenvalue weighted by molar-refractivity contribution is 0.206. The van der Waals surface area contributed by atoms with Crippen LogP contribution in [0.2, 0.25) is 0 Å². The summed E-state index contributed by atoms with van der Waals surface area (Å²) >= 11 is 0. The highest BCUT2D eigenvalue weighted by Gasteiger charge is 2.32. The van der Waals surface area contributed by atoms with Crippen LogP contribution in [0, 0.1) is 0 Å². The number of nitrogens with zero attached hydrogens (tertiary/aromatic N) is 2. The third-order valence-electron chi connectivity index (χ3n) is 3.94. The molecule has 4 heteroatoms. The van der Waals surface area contributed by atoms with Crippen LogP contribution in [-0.2, 0) is 13.0 Å². The van der Waals surface area contributed by atoms with E-state index in [1.54, 1.807) is 12.4 Å². The van der Waals surface area contributed by atoms with Crippen LogP contribution in [0.5, 0.6) is 0 Å². The summed E-state index contributed by atoms with van der Waals surface area (Å²) in [6.45, 7) is 2.74. The fourth-order valence-electron chi connectivity index (χ4n) is 2.50. The molecule has 0 bridgehead atoms. The Morgan fingerprint density at radius 1 is 1.23 bits per heavy atom. The molecule has 1 saturated carbocycles. The predicted octanol–water partition coefficient (Wildman–Crippen LogP) is 3.84. The molecule has 0 atom stereocenters. The van der Waals surface area contributed by atoms with E-state index in [9.17, 15) is 4.79 Å². The first-order chi connectivity index (χ1) is 10.8. The minimum Gasteiger partial charge on any atom is -0.317 e. The van der Waals surface area contributed by atoms with Gasteiger partial charge in [0.05, 0.1) is 0 Å². The summed E-state index contributed by atoms with van der Waals surface area (Å²) in [7, 11) is 0. The molecule has 3 rings (SSSR count). The van der Waals surface area contributed by atoms with E-state index >= 15 is 0 Å². The van der Waals surface area contributed by atoms with Gasteiger partial charge in [-0.2, -0.15) is 0 Å². The van der Waals surface area contributed by atoms with Crippen LogP contribution >= 0.6 is 0 Å².